The molecule has 1 N–H and O–H groups in total. The monoisotopic (exact) mass is 347 g/mol. The van der Waals surface area contributed by atoms with Crippen molar-refractivity contribution >= 4 is 35.0 Å². The first-order valence-corrected chi connectivity index (χ1v) is 8.07. The van der Waals surface area contributed by atoms with Crippen molar-refractivity contribution in [2.45, 2.75) is 23.9 Å². The van der Waals surface area contributed by atoms with Gasteiger partial charge in [-0.05, 0) is 24.1 Å². The minimum absolute atomic E-state index is 0.206. The highest BCUT2D eigenvalue weighted by Crippen LogP contribution is 2.26. The highest BCUT2D eigenvalue weighted by atomic mass is 35.5. The van der Waals surface area contributed by atoms with Gasteiger partial charge in [0, 0.05) is 26.0 Å². The molecule has 1 aromatic heterocycles. The Morgan fingerprint density at radius 2 is 2.19 bits per heavy atom. The van der Waals surface area contributed by atoms with Crippen LogP contribution in [0.1, 0.15) is 12.0 Å². The third-order valence-corrected chi connectivity index (χ3v) is 4.59. The lowest BCUT2D eigenvalue weighted by molar-refractivity contribution is 0.189. The predicted octanol–water partition coefficient (Wildman–Crippen LogP) is 3.21. The van der Waals surface area contributed by atoms with Crippen molar-refractivity contribution in [2.24, 2.45) is 0 Å². The molecular weight excluding hydrogens is 333 g/mol. The number of H-pyrrole nitrogens is 1. The summed E-state index contributed by atoms with van der Waals surface area (Å²) in [5, 5.41) is 8.21. The summed E-state index contributed by atoms with van der Waals surface area (Å²) in [4.78, 5) is 11.7. The Labute approximate surface area is 136 Å². The van der Waals surface area contributed by atoms with E-state index in [0.29, 0.717) is 34.1 Å². The van der Waals surface area contributed by atoms with Gasteiger partial charge in [0.25, 0.3) is 0 Å². The number of aromatic amines is 1. The second-order valence-corrected chi connectivity index (χ2v) is 6.10. The highest BCUT2D eigenvalue weighted by molar-refractivity contribution is 7.98. The van der Waals surface area contributed by atoms with E-state index in [9.17, 15) is 4.79 Å². The van der Waals surface area contributed by atoms with Crippen molar-refractivity contribution in [2.75, 3.05) is 13.7 Å². The molecule has 0 aliphatic carbocycles. The van der Waals surface area contributed by atoms with Crippen LogP contribution < -0.4 is 5.69 Å². The number of rotatable bonds is 7. The third kappa shape index (κ3) is 4.51. The molecule has 0 fully saturated rings. The van der Waals surface area contributed by atoms with Crippen LogP contribution in [0.5, 0.6) is 0 Å². The molecule has 8 heteroatoms. The van der Waals surface area contributed by atoms with E-state index < -0.39 is 0 Å². The number of benzene rings is 1. The molecule has 0 aliphatic rings. The summed E-state index contributed by atoms with van der Waals surface area (Å²) in [5.74, 6) is 0.658. The van der Waals surface area contributed by atoms with Crippen molar-refractivity contribution < 1.29 is 4.74 Å². The molecule has 1 aromatic carbocycles. The Bertz CT molecular complexity index is 657. The zero-order chi connectivity index (χ0) is 15.2. The van der Waals surface area contributed by atoms with Crippen LogP contribution in [0.4, 0.5) is 0 Å². The van der Waals surface area contributed by atoms with E-state index in [1.54, 1.807) is 17.7 Å². The van der Waals surface area contributed by atoms with Gasteiger partial charge in [0.15, 0.2) is 5.16 Å². The van der Waals surface area contributed by atoms with Gasteiger partial charge in [-0.15, -0.1) is 5.10 Å². The summed E-state index contributed by atoms with van der Waals surface area (Å²) in [6.07, 6.45) is 0.760. The first-order valence-electron chi connectivity index (χ1n) is 6.32. The third-order valence-electron chi connectivity index (χ3n) is 2.81. The Morgan fingerprint density at radius 1 is 1.38 bits per heavy atom. The minimum atomic E-state index is -0.206. The van der Waals surface area contributed by atoms with E-state index in [4.69, 9.17) is 27.9 Å². The van der Waals surface area contributed by atoms with E-state index in [1.807, 2.05) is 12.1 Å². The largest absolute Gasteiger partial charge is 0.385 e. The normalized spacial score (nSPS) is 11.0. The van der Waals surface area contributed by atoms with E-state index in [-0.39, 0.29) is 5.69 Å². The number of halogens is 2. The van der Waals surface area contributed by atoms with Gasteiger partial charge >= 0.3 is 5.69 Å². The summed E-state index contributed by atoms with van der Waals surface area (Å²) < 4.78 is 6.61. The molecule has 0 aliphatic heterocycles. The number of ether oxygens (including phenoxy) is 1. The molecule has 0 spiro atoms. The maximum atomic E-state index is 11.7. The average molecular weight is 348 g/mol. The maximum absolute atomic E-state index is 11.7. The summed E-state index contributed by atoms with van der Waals surface area (Å²) in [5.41, 5.74) is 0.816. The summed E-state index contributed by atoms with van der Waals surface area (Å²) in [7, 11) is 1.64. The molecule has 1 heterocycles. The van der Waals surface area contributed by atoms with Crippen molar-refractivity contribution in [1.29, 1.82) is 0 Å². The Morgan fingerprint density at radius 3 is 2.90 bits per heavy atom. The number of methoxy groups -OCH3 is 1. The van der Waals surface area contributed by atoms with Gasteiger partial charge in [0.1, 0.15) is 0 Å². The zero-order valence-corrected chi connectivity index (χ0v) is 13.8. The van der Waals surface area contributed by atoms with Crippen molar-refractivity contribution in [3.05, 3.63) is 44.3 Å². The molecule has 0 saturated carbocycles. The number of nitrogens with one attached hydrogen (secondary N) is 1. The summed E-state index contributed by atoms with van der Waals surface area (Å²) in [6, 6.07) is 5.48. The lowest BCUT2D eigenvalue weighted by atomic mass is 10.2. The van der Waals surface area contributed by atoms with Gasteiger partial charge in [0.05, 0.1) is 10.0 Å². The fourth-order valence-corrected chi connectivity index (χ4v) is 2.99. The Balaban J connectivity index is 2.02. The van der Waals surface area contributed by atoms with Crippen LogP contribution in [0.3, 0.4) is 0 Å². The predicted molar refractivity (Wildman–Crippen MR) is 85.4 cm³/mol. The SMILES string of the molecule is COCCCn1c(SCc2ccc(Cl)c(Cl)c2)n[nH]c1=O. The summed E-state index contributed by atoms with van der Waals surface area (Å²) >= 11 is 13.3. The van der Waals surface area contributed by atoms with Crippen LogP contribution in [0.15, 0.2) is 28.2 Å². The molecule has 5 nitrogen and oxygen atoms in total. The Hall–Kier alpha value is -0.950. The number of hydrogen-bond acceptors (Lipinski definition) is 4. The molecule has 0 radical (unpaired) electrons. The van der Waals surface area contributed by atoms with E-state index in [0.717, 1.165) is 12.0 Å². The second kappa shape index (κ2) is 7.89. The highest BCUT2D eigenvalue weighted by Gasteiger charge is 2.09. The van der Waals surface area contributed by atoms with Gasteiger partial charge in [0.2, 0.25) is 0 Å². The maximum Gasteiger partial charge on any atom is 0.343 e. The van der Waals surface area contributed by atoms with Crippen LogP contribution in [-0.4, -0.2) is 28.5 Å². The van der Waals surface area contributed by atoms with Gasteiger partial charge in [-0.25, -0.2) is 9.89 Å². The van der Waals surface area contributed by atoms with Crippen LogP contribution in [-0.2, 0) is 17.0 Å². The second-order valence-electron chi connectivity index (χ2n) is 4.35. The first-order chi connectivity index (χ1) is 10.1. The Kier molecular flexibility index (Phi) is 6.17. The van der Waals surface area contributed by atoms with E-state index in [2.05, 4.69) is 10.2 Å². The van der Waals surface area contributed by atoms with Crippen LogP contribution in [0.25, 0.3) is 0 Å². The smallest absolute Gasteiger partial charge is 0.343 e. The zero-order valence-electron chi connectivity index (χ0n) is 11.4. The molecular formula is C13H15Cl2N3O2S. The number of hydrogen-bond donors (Lipinski definition) is 1. The van der Waals surface area contributed by atoms with Gasteiger partial charge in [-0.3, -0.25) is 4.57 Å². The van der Waals surface area contributed by atoms with Gasteiger partial charge in [-0.2, -0.15) is 0 Å². The van der Waals surface area contributed by atoms with E-state index >= 15 is 0 Å². The number of nitrogens with zero attached hydrogens (tertiary/aromatic N) is 2. The average Bonchev–Trinajstić information content (AvgIpc) is 2.82. The molecule has 114 valence electrons. The van der Waals surface area contributed by atoms with Gasteiger partial charge < -0.3 is 4.74 Å². The number of aromatic nitrogens is 3. The molecule has 0 atom stereocenters. The van der Waals surface area contributed by atoms with Crippen molar-refractivity contribution in [1.82, 2.24) is 14.8 Å². The van der Waals surface area contributed by atoms with Crippen molar-refractivity contribution in [3.63, 3.8) is 0 Å². The molecule has 0 amide bonds. The minimum Gasteiger partial charge on any atom is -0.385 e. The molecule has 0 bridgehead atoms. The molecule has 2 rings (SSSR count). The summed E-state index contributed by atoms with van der Waals surface area (Å²) in [6.45, 7) is 1.18. The van der Waals surface area contributed by atoms with Crippen molar-refractivity contribution in [3.8, 4) is 0 Å². The first kappa shape index (κ1) is 16.4. The van der Waals surface area contributed by atoms with Crippen LogP contribution >= 0.6 is 35.0 Å². The molecule has 0 unspecified atom stereocenters. The molecule has 2 aromatic rings. The topological polar surface area (TPSA) is 59.9 Å². The number of thioether (sulfide) groups is 1. The standard InChI is InChI=1S/C13H15Cl2N3O2S/c1-20-6-2-5-18-12(19)16-17-13(18)21-8-9-3-4-10(14)11(15)7-9/h3-4,7H,2,5-6,8H2,1H3,(H,16,19). The lowest BCUT2D eigenvalue weighted by Crippen LogP contribution is -2.18. The van der Waals surface area contributed by atoms with E-state index in [1.165, 1.54) is 11.8 Å². The van der Waals surface area contributed by atoms with Gasteiger partial charge in [-0.1, -0.05) is 41.0 Å². The lowest BCUT2D eigenvalue weighted by Gasteiger charge is -2.06. The fourth-order valence-electron chi connectivity index (χ4n) is 1.75. The quantitative estimate of drug-likeness (QED) is 0.617. The van der Waals surface area contributed by atoms with Crippen LogP contribution in [0, 0.1) is 0 Å². The molecule has 0 saturated heterocycles. The fraction of sp³-hybridized carbons (Fsp3) is 0.385. The molecule has 21 heavy (non-hydrogen) atoms. The van der Waals surface area contributed by atoms with Crippen LogP contribution in [0.2, 0.25) is 10.0 Å².